The molecule has 1 aromatic heterocycles. The molecule has 4 nitrogen and oxygen atoms in total. The minimum atomic E-state index is 0.385. The first-order chi connectivity index (χ1) is 6.77. The van der Waals surface area contributed by atoms with E-state index in [1.165, 1.54) is 12.8 Å². The van der Waals surface area contributed by atoms with Gasteiger partial charge in [-0.1, -0.05) is 0 Å². The van der Waals surface area contributed by atoms with Gasteiger partial charge >= 0.3 is 0 Å². The van der Waals surface area contributed by atoms with Crippen molar-refractivity contribution >= 4 is 5.82 Å². The number of nitrogens with zero attached hydrogens (tertiary/aromatic N) is 2. The second-order valence-electron chi connectivity index (χ2n) is 4.06. The molecule has 1 aromatic rings. The van der Waals surface area contributed by atoms with Gasteiger partial charge in [-0.15, -0.1) is 0 Å². The first kappa shape index (κ1) is 9.52. The number of hydrogen-bond donors (Lipinski definition) is 2. The Bertz CT molecular complexity index is 290. The predicted molar refractivity (Wildman–Crippen MR) is 57.0 cm³/mol. The third-order valence-electron chi connectivity index (χ3n) is 2.83. The Kier molecular flexibility index (Phi) is 2.72. The van der Waals surface area contributed by atoms with Crippen LogP contribution in [0.1, 0.15) is 19.3 Å². The molecule has 0 bridgehead atoms. The number of nitrogens with two attached hydrogens (primary N) is 1. The molecular formula is C10H18N4. The zero-order chi connectivity index (χ0) is 9.97. The van der Waals surface area contributed by atoms with Gasteiger partial charge in [0.05, 0.1) is 6.20 Å². The molecule has 1 heterocycles. The van der Waals surface area contributed by atoms with Crippen LogP contribution < -0.4 is 11.1 Å². The van der Waals surface area contributed by atoms with E-state index in [9.17, 15) is 0 Å². The summed E-state index contributed by atoms with van der Waals surface area (Å²) < 4.78 is 1.84. The lowest BCUT2D eigenvalue weighted by atomic mass is 10.1. The Labute approximate surface area is 84.5 Å². The van der Waals surface area contributed by atoms with Crippen LogP contribution in [0, 0.1) is 5.92 Å². The maximum absolute atomic E-state index is 5.99. The number of nitrogens with one attached hydrogen (secondary N) is 1. The van der Waals surface area contributed by atoms with Gasteiger partial charge in [0.15, 0.2) is 0 Å². The van der Waals surface area contributed by atoms with Gasteiger partial charge in [-0.2, -0.15) is 5.10 Å². The topological polar surface area (TPSA) is 55.9 Å². The summed E-state index contributed by atoms with van der Waals surface area (Å²) in [4.78, 5) is 0. The highest BCUT2D eigenvalue weighted by atomic mass is 15.3. The van der Waals surface area contributed by atoms with Gasteiger partial charge in [0, 0.05) is 25.7 Å². The number of aromatic nitrogens is 2. The van der Waals surface area contributed by atoms with Crippen LogP contribution in [0.15, 0.2) is 12.3 Å². The molecule has 1 fully saturated rings. The number of hydrogen-bond acceptors (Lipinski definition) is 3. The summed E-state index contributed by atoms with van der Waals surface area (Å²) >= 11 is 0. The summed E-state index contributed by atoms with van der Waals surface area (Å²) in [6.07, 6.45) is 5.50. The summed E-state index contributed by atoms with van der Waals surface area (Å²) in [5.74, 6) is 1.86. The van der Waals surface area contributed by atoms with Gasteiger partial charge in [-0.05, 0) is 25.2 Å². The van der Waals surface area contributed by atoms with Crippen LogP contribution in [0.4, 0.5) is 5.82 Å². The Morgan fingerprint density at radius 1 is 1.71 bits per heavy atom. The molecule has 1 aliphatic carbocycles. The monoisotopic (exact) mass is 194 g/mol. The normalized spacial score (nSPS) is 18.1. The lowest BCUT2D eigenvalue weighted by Crippen LogP contribution is -2.25. The molecule has 4 heteroatoms. The minimum Gasteiger partial charge on any atom is -0.370 e. The molecule has 0 radical (unpaired) electrons. The van der Waals surface area contributed by atoms with Crippen LogP contribution in [-0.4, -0.2) is 22.4 Å². The Morgan fingerprint density at radius 3 is 3.07 bits per heavy atom. The fourth-order valence-electron chi connectivity index (χ4n) is 1.67. The van der Waals surface area contributed by atoms with E-state index in [0.29, 0.717) is 6.04 Å². The van der Waals surface area contributed by atoms with Crippen LogP contribution in [0.2, 0.25) is 0 Å². The molecule has 3 N–H and O–H groups in total. The highest BCUT2D eigenvalue weighted by molar-refractivity contribution is 5.33. The Balaban J connectivity index is 1.69. The summed E-state index contributed by atoms with van der Waals surface area (Å²) in [5.41, 5.74) is 5.99. The zero-order valence-electron chi connectivity index (χ0n) is 8.61. The van der Waals surface area contributed by atoms with Crippen molar-refractivity contribution in [2.45, 2.75) is 25.3 Å². The molecule has 78 valence electrons. The van der Waals surface area contributed by atoms with Gasteiger partial charge in [-0.3, -0.25) is 4.68 Å². The Morgan fingerprint density at radius 2 is 2.50 bits per heavy atom. The van der Waals surface area contributed by atoms with Gasteiger partial charge in [-0.25, -0.2) is 0 Å². The highest BCUT2D eigenvalue weighted by Crippen LogP contribution is 2.32. The lowest BCUT2D eigenvalue weighted by molar-refractivity contribution is 0.563. The fraction of sp³-hybridized carbons (Fsp3) is 0.700. The van der Waals surface area contributed by atoms with Crippen LogP contribution in [0.5, 0.6) is 0 Å². The zero-order valence-corrected chi connectivity index (χ0v) is 8.61. The minimum absolute atomic E-state index is 0.385. The summed E-state index contributed by atoms with van der Waals surface area (Å²) in [6, 6.07) is 2.36. The van der Waals surface area contributed by atoms with E-state index in [4.69, 9.17) is 5.73 Å². The van der Waals surface area contributed by atoms with Gasteiger partial charge in [0.1, 0.15) is 5.82 Å². The second-order valence-corrected chi connectivity index (χ2v) is 4.06. The van der Waals surface area contributed by atoms with E-state index in [1.54, 1.807) is 6.20 Å². The first-order valence-corrected chi connectivity index (χ1v) is 5.25. The van der Waals surface area contributed by atoms with Crippen LogP contribution in [0.3, 0.4) is 0 Å². The third kappa shape index (κ3) is 2.26. The van der Waals surface area contributed by atoms with Crippen molar-refractivity contribution in [1.29, 1.82) is 0 Å². The summed E-state index contributed by atoms with van der Waals surface area (Å²) in [5, 5.41) is 7.41. The van der Waals surface area contributed by atoms with Gasteiger partial charge in [0.2, 0.25) is 0 Å². The van der Waals surface area contributed by atoms with E-state index in [-0.39, 0.29) is 0 Å². The molecule has 0 aromatic carbocycles. The second kappa shape index (κ2) is 4.00. The predicted octanol–water partition coefficient (Wildman–Crippen LogP) is 0.959. The van der Waals surface area contributed by atoms with Crippen molar-refractivity contribution in [3.8, 4) is 0 Å². The quantitative estimate of drug-likeness (QED) is 0.734. The maximum atomic E-state index is 5.99. The summed E-state index contributed by atoms with van der Waals surface area (Å²) in [6.45, 7) is 0.942. The average molecular weight is 194 g/mol. The van der Waals surface area contributed by atoms with Crippen molar-refractivity contribution in [3.05, 3.63) is 12.3 Å². The SMILES string of the molecule is Cn1nccc1NCCC(N)C1CC1. The third-order valence-corrected chi connectivity index (χ3v) is 2.83. The number of anilines is 1. The number of aryl methyl sites for hydroxylation is 1. The molecule has 2 rings (SSSR count). The maximum Gasteiger partial charge on any atom is 0.123 e. The van der Waals surface area contributed by atoms with Gasteiger partial charge in [0.25, 0.3) is 0 Å². The van der Waals surface area contributed by atoms with Gasteiger partial charge < -0.3 is 11.1 Å². The molecule has 0 aliphatic heterocycles. The van der Waals surface area contributed by atoms with E-state index < -0.39 is 0 Å². The molecule has 1 atom stereocenters. The van der Waals surface area contributed by atoms with Crippen LogP contribution in [0.25, 0.3) is 0 Å². The van der Waals surface area contributed by atoms with E-state index >= 15 is 0 Å². The Hall–Kier alpha value is -1.03. The average Bonchev–Trinajstić information content (AvgIpc) is 2.93. The number of rotatable bonds is 5. The lowest BCUT2D eigenvalue weighted by Gasteiger charge is -2.11. The smallest absolute Gasteiger partial charge is 0.123 e. The highest BCUT2D eigenvalue weighted by Gasteiger charge is 2.27. The van der Waals surface area contributed by atoms with Crippen LogP contribution >= 0.6 is 0 Å². The van der Waals surface area contributed by atoms with E-state index in [2.05, 4.69) is 10.4 Å². The van der Waals surface area contributed by atoms with E-state index in [1.807, 2.05) is 17.8 Å². The summed E-state index contributed by atoms with van der Waals surface area (Å²) in [7, 11) is 1.93. The standard InChI is InChI=1S/C10H18N4/c1-14-10(5-7-13-14)12-6-4-9(11)8-2-3-8/h5,7-9,12H,2-4,6,11H2,1H3. The van der Waals surface area contributed by atoms with Crippen molar-refractivity contribution in [1.82, 2.24) is 9.78 Å². The van der Waals surface area contributed by atoms with Crippen molar-refractivity contribution in [3.63, 3.8) is 0 Å². The molecule has 0 amide bonds. The molecular weight excluding hydrogens is 176 g/mol. The molecule has 0 spiro atoms. The van der Waals surface area contributed by atoms with Crippen molar-refractivity contribution < 1.29 is 0 Å². The van der Waals surface area contributed by atoms with Crippen molar-refractivity contribution in [2.75, 3.05) is 11.9 Å². The first-order valence-electron chi connectivity index (χ1n) is 5.25. The van der Waals surface area contributed by atoms with Crippen LogP contribution in [-0.2, 0) is 7.05 Å². The molecule has 1 saturated carbocycles. The largest absolute Gasteiger partial charge is 0.370 e. The molecule has 1 unspecified atom stereocenters. The van der Waals surface area contributed by atoms with E-state index in [0.717, 1.165) is 24.7 Å². The molecule has 14 heavy (non-hydrogen) atoms. The molecule has 1 aliphatic rings. The van der Waals surface area contributed by atoms with Crippen molar-refractivity contribution in [2.24, 2.45) is 18.7 Å². The fourth-order valence-corrected chi connectivity index (χ4v) is 1.67. The molecule has 0 saturated heterocycles.